The van der Waals surface area contributed by atoms with Crippen molar-refractivity contribution in [3.8, 4) is 0 Å². The Morgan fingerprint density at radius 2 is 1.38 bits per heavy atom. The second-order valence-corrected chi connectivity index (χ2v) is 8.65. The van der Waals surface area contributed by atoms with E-state index in [4.69, 9.17) is 5.73 Å². The highest BCUT2D eigenvalue weighted by atomic mass is 19.4. The molecule has 166 valence electrons. The van der Waals surface area contributed by atoms with Gasteiger partial charge in [0.15, 0.2) is 0 Å². The maximum atomic E-state index is 13.8. The van der Waals surface area contributed by atoms with E-state index >= 15 is 0 Å². The molecule has 0 fully saturated rings. The molecule has 1 atom stereocenters. The minimum absolute atomic E-state index is 0.220. The highest BCUT2D eigenvalue weighted by Gasteiger charge is 2.52. The molecule has 1 heterocycles. The van der Waals surface area contributed by atoms with Crippen molar-refractivity contribution in [3.63, 3.8) is 0 Å². The lowest BCUT2D eigenvalue weighted by atomic mass is 9.65. The molecule has 7 heteroatoms. The molecule has 2 N–H and O–H groups in total. The van der Waals surface area contributed by atoms with Crippen LogP contribution >= 0.6 is 0 Å². The number of rotatable bonds is 2. The standard InChI is InChI=1S/C25H22F4N2O/c1-23(2)15-31(22(30)32)24(17-11-13-19(26)14-12-17,21-6-4-3-5-20(21)23)16-7-9-18(10-8-16)25(27,28)29/h3-14H,15H2,1-2H3,(H2,30,32). The van der Waals surface area contributed by atoms with Gasteiger partial charge in [-0.15, -0.1) is 0 Å². The molecule has 1 unspecified atom stereocenters. The molecule has 3 nitrogen and oxygen atoms in total. The molecule has 0 radical (unpaired) electrons. The van der Waals surface area contributed by atoms with Gasteiger partial charge in [0.25, 0.3) is 0 Å². The first-order valence-corrected chi connectivity index (χ1v) is 10.1. The van der Waals surface area contributed by atoms with E-state index in [-0.39, 0.29) is 6.54 Å². The Hall–Kier alpha value is -3.35. The number of hydrogen-bond donors (Lipinski definition) is 1. The van der Waals surface area contributed by atoms with Crippen LogP contribution in [-0.4, -0.2) is 17.5 Å². The smallest absolute Gasteiger partial charge is 0.351 e. The van der Waals surface area contributed by atoms with Gasteiger partial charge >= 0.3 is 12.2 Å². The van der Waals surface area contributed by atoms with Gasteiger partial charge in [-0.3, -0.25) is 0 Å². The van der Waals surface area contributed by atoms with Gasteiger partial charge in [0.1, 0.15) is 11.4 Å². The van der Waals surface area contributed by atoms with E-state index in [0.717, 1.165) is 17.7 Å². The highest BCUT2D eigenvalue weighted by Crippen LogP contribution is 2.51. The summed E-state index contributed by atoms with van der Waals surface area (Å²) in [6.07, 6.45) is -4.50. The summed E-state index contributed by atoms with van der Waals surface area (Å²) in [5.74, 6) is -0.466. The number of amides is 2. The molecule has 0 spiro atoms. The number of benzene rings is 3. The lowest BCUT2D eigenvalue weighted by molar-refractivity contribution is -0.137. The van der Waals surface area contributed by atoms with Gasteiger partial charge in [-0.2, -0.15) is 13.2 Å². The van der Waals surface area contributed by atoms with Crippen LogP contribution in [0.5, 0.6) is 0 Å². The van der Waals surface area contributed by atoms with Gasteiger partial charge in [0.2, 0.25) is 0 Å². The number of primary amides is 1. The Labute approximate surface area is 183 Å². The molecule has 0 bridgehead atoms. The fourth-order valence-electron chi connectivity index (χ4n) is 4.76. The molecule has 0 aliphatic carbocycles. The number of halogens is 4. The lowest BCUT2D eigenvalue weighted by Crippen LogP contribution is -2.60. The molecule has 1 aliphatic heterocycles. The van der Waals surface area contributed by atoms with Crippen molar-refractivity contribution in [2.45, 2.75) is 31.0 Å². The predicted octanol–water partition coefficient (Wildman–Crippen LogP) is 5.81. The molecule has 3 aromatic carbocycles. The molecular weight excluding hydrogens is 420 g/mol. The number of carbonyl (C=O) groups is 1. The van der Waals surface area contributed by atoms with E-state index in [9.17, 15) is 22.4 Å². The molecule has 32 heavy (non-hydrogen) atoms. The fourth-order valence-corrected chi connectivity index (χ4v) is 4.76. The zero-order chi connectivity index (χ0) is 23.3. The summed E-state index contributed by atoms with van der Waals surface area (Å²) in [6, 6.07) is 17.0. The van der Waals surface area contributed by atoms with Crippen LogP contribution in [0.1, 0.15) is 41.7 Å². The molecular formula is C25H22F4N2O. The molecule has 1 aliphatic rings. The zero-order valence-electron chi connectivity index (χ0n) is 17.6. The van der Waals surface area contributed by atoms with Crippen LogP contribution in [0.3, 0.4) is 0 Å². The molecule has 0 saturated carbocycles. The summed E-state index contributed by atoms with van der Waals surface area (Å²) in [5.41, 5.74) is 5.86. The van der Waals surface area contributed by atoms with E-state index in [0.29, 0.717) is 16.7 Å². The Bertz CT molecular complexity index is 1150. The average Bonchev–Trinajstić information content (AvgIpc) is 2.74. The number of fused-ring (bicyclic) bond motifs is 1. The van der Waals surface area contributed by atoms with E-state index in [1.807, 2.05) is 38.1 Å². The third-order valence-electron chi connectivity index (χ3n) is 6.16. The number of nitrogens with two attached hydrogens (primary N) is 1. The topological polar surface area (TPSA) is 46.3 Å². The highest BCUT2D eigenvalue weighted by molar-refractivity contribution is 5.77. The normalized spacial score (nSPS) is 20.0. The Morgan fingerprint density at radius 3 is 1.88 bits per heavy atom. The van der Waals surface area contributed by atoms with Gasteiger partial charge in [0.05, 0.1) is 5.56 Å². The van der Waals surface area contributed by atoms with Crippen LogP contribution in [0.15, 0.2) is 72.8 Å². The monoisotopic (exact) mass is 442 g/mol. The van der Waals surface area contributed by atoms with Crippen LogP contribution in [0.4, 0.5) is 22.4 Å². The second kappa shape index (κ2) is 7.36. The van der Waals surface area contributed by atoms with Crippen molar-refractivity contribution < 1.29 is 22.4 Å². The van der Waals surface area contributed by atoms with Crippen molar-refractivity contribution in [1.29, 1.82) is 0 Å². The Balaban J connectivity index is 2.11. The lowest BCUT2D eigenvalue weighted by Gasteiger charge is -2.53. The summed E-state index contributed by atoms with van der Waals surface area (Å²) in [5, 5.41) is 0. The number of carbonyl (C=O) groups excluding carboxylic acids is 1. The molecule has 4 rings (SSSR count). The van der Waals surface area contributed by atoms with E-state index < -0.39 is 34.5 Å². The van der Waals surface area contributed by atoms with Crippen LogP contribution in [-0.2, 0) is 17.1 Å². The van der Waals surface area contributed by atoms with Gasteiger partial charge in [-0.1, -0.05) is 62.4 Å². The summed E-state index contributed by atoms with van der Waals surface area (Å²) in [4.78, 5) is 14.3. The predicted molar refractivity (Wildman–Crippen MR) is 113 cm³/mol. The van der Waals surface area contributed by atoms with Crippen molar-refractivity contribution in [2.75, 3.05) is 6.54 Å². The summed E-state index contributed by atoms with van der Waals surface area (Å²) in [7, 11) is 0. The first kappa shape index (κ1) is 21.9. The third-order valence-corrected chi connectivity index (χ3v) is 6.16. The Kier molecular flexibility index (Phi) is 5.03. The van der Waals surface area contributed by atoms with Crippen molar-refractivity contribution in [3.05, 3.63) is 106 Å². The summed E-state index contributed by atoms with van der Waals surface area (Å²) >= 11 is 0. The van der Waals surface area contributed by atoms with Gasteiger partial charge in [-0.05, 0) is 46.5 Å². The molecule has 3 aromatic rings. The van der Waals surface area contributed by atoms with Crippen LogP contribution in [0, 0.1) is 5.82 Å². The van der Waals surface area contributed by atoms with Gasteiger partial charge in [0, 0.05) is 12.0 Å². The van der Waals surface area contributed by atoms with Gasteiger partial charge in [-0.25, -0.2) is 9.18 Å². The molecule has 0 aromatic heterocycles. The first-order chi connectivity index (χ1) is 15.0. The SMILES string of the molecule is CC1(C)CN(C(N)=O)C(c2ccc(F)cc2)(c2ccc(C(F)(F)F)cc2)c2ccccc21. The quantitative estimate of drug-likeness (QED) is 0.501. The van der Waals surface area contributed by atoms with E-state index in [1.54, 1.807) is 0 Å². The summed E-state index contributed by atoms with van der Waals surface area (Å²) < 4.78 is 53.5. The fraction of sp³-hybridized carbons (Fsp3) is 0.240. The van der Waals surface area contributed by atoms with Crippen LogP contribution in [0.25, 0.3) is 0 Å². The summed E-state index contributed by atoms with van der Waals surface area (Å²) in [6.45, 7) is 4.17. The van der Waals surface area contributed by atoms with E-state index in [2.05, 4.69) is 0 Å². The zero-order valence-corrected chi connectivity index (χ0v) is 17.6. The van der Waals surface area contributed by atoms with Crippen LogP contribution < -0.4 is 5.73 Å². The number of nitrogens with zero attached hydrogens (tertiary/aromatic N) is 1. The minimum atomic E-state index is -4.50. The van der Waals surface area contributed by atoms with Crippen molar-refractivity contribution in [1.82, 2.24) is 4.90 Å². The van der Waals surface area contributed by atoms with Crippen molar-refractivity contribution in [2.24, 2.45) is 5.73 Å². The number of hydrogen-bond acceptors (Lipinski definition) is 1. The second-order valence-electron chi connectivity index (χ2n) is 8.65. The minimum Gasteiger partial charge on any atom is -0.351 e. The number of urea groups is 1. The number of alkyl halides is 3. The van der Waals surface area contributed by atoms with E-state index in [1.165, 1.54) is 41.3 Å². The molecule has 2 amide bonds. The largest absolute Gasteiger partial charge is 0.416 e. The Morgan fingerprint density at radius 1 is 0.875 bits per heavy atom. The average molecular weight is 442 g/mol. The molecule has 0 saturated heterocycles. The van der Waals surface area contributed by atoms with Crippen molar-refractivity contribution >= 4 is 6.03 Å². The third kappa shape index (κ3) is 3.32. The maximum absolute atomic E-state index is 13.8. The van der Waals surface area contributed by atoms with Gasteiger partial charge < -0.3 is 10.6 Å². The van der Waals surface area contributed by atoms with Crippen LogP contribution in [0.2, 0.25) is 0 Å². The maximum Gasteiger partial charge on any atom is 0.416 e. The first-order valence-electron chi connectivity index (χ1n) is 10.1.